The number of ether oxygens (including phenoxy) is 3. The van der Waals surface area contributed by atoms with Crippen molar-refractivity contribution in [1.82, 2.24) is 4.90 Å². The Morgan fingerprint density at radius 2 is 1.78 bits per heavy atom. The van der Waals surface area contributed by atoms with Crippen LogP contribution >= 0.6 is 0 Å². The van der Waals surface area contributed by atoms with Crippen LogP contribution in [0, 0.1) is 0 Å². The Balaban J connectivity index is 2.09. The Labute approximate surface area is 143 Å². The number of hydrogen-bond donors (Lipinski definition) is 0. The third kappa shape index (κ3) is 4.58. The normalized spacial score (nSPS) is 34.0. The summed E-state index contributed by atoms with van der Waals surface area (Å²) < 4.78 is 23.7. The summed E-state index contributed by atoms with van der Waals surface area (Å²) in [5, 5.41) is 0.140. The first-order valence-corrected chi connectivity index (χ1v) is 11.5. The molecule has 0 N–H and O–H groups in total. The van der Waals surface area contributed by atoms with Gasteiger partial charge < -0.3 is 18.6 Å². The Morgan fingerprint density at radius 3 is 2.30 bits per heavy atom. The second-order valence-corrected chi connectivity index (χ2v) is 12.9. The number of rotatable bonds is 5. The van der Waals surface area contributed by atoms with Crippen molar-refractivity contribution < 1.29 is 18.6 Å². The maximum Gasteiger partial charge on any atom is 0.192 e. The van der Waals surface area contributed by atoms with Crippen LogP contribution in [0.1, 0.15) is 20.8 Å². The maximum atomic E-state index is 6.64. The third-order valence-corrected chi connectivity index (χ3v) is 9.87. The molecule has 0 spiro atoms. The van der Waals surface area contributed by atoms with Gasteiger partial charge in [-0.3, -0.25) is 4.90 Å². The second kappa shape index (κ2) is 7.54. The zero-order valence-electron chi connectivity index (χ0n) is 15.5. The summed E-state index contributed by atoms with van der Waals surface area (Å²) in [6.07, 6.45) is -0.379. The Bertz CT molecular complexity index is 385. The van der Waals surface area contributed by atoms with E-state index in [4.69, 9.17) is 26.5 Å². The zero-order valence-corrected chi connectivity index (χ0v) is 16.5. The van der Waals surface area contributed by atoms with Crippen molar-refractivity contribution in [3.05, 3.63) is 0 Å². The van der Waals surface area contributed by atoms with Gasteiger partial charge in [0.15, 0.2) is 8.32 Å². The molecule has 2 unspecified atom stereocenters. The minimum atomic E-state index is -1.92. The molecular formula is C16H32BNO4Si. The number of nitrogens with zero attached hydrogens (tertiary/aromatic N) is 1. The van der Waals surface area contributed by atoms with E-state index in [-0.39, 0.29) is 23.4 Å². The van der Waals surface area contributed by atoms with E-state index in [0.717, 1.165) is 32.8 Å². The first-order chi connectivity index (χ1) is 10.7. The molecule has 2 radical (unpaired) electrons. The molecule has 2 aliphatic rings. The van der Waals surface area contributed by atoms with Crippen LogP contribution in [0.3, 0.4) is 0 Å². The van der Waals surface area contributed by atoms with Crippen LogP contribution in [0.5, 0.6) is 0 Å². The largest absolute Gasteiger partial charge is 0.408 e. The van der Waals surface area contributed by atoms with E-state index in [1.54, 1.807) is 7.11 Å². The van der Waals surface area contributed by atoms with Crippen molar-refractivity contribution in [1.29, 1.82) is 0 Å². The molecule has 2 heterocycles. The molecule has 0 aromatic heterocycles. The summed E-state index contributed by atoms with van der Waals surface area (Å²) in [4.78, 5) is 2.36. The Hall–Kier alpha value is 0.0818. The Morgan fingerprint density at radius 1 is 1.17 bits per heavy atom. The minimum absolute atomic E-state index is 0.0535. The van der Waals surface area contributed by atoms with Crippen LogP contribution < -0.4 is 0 Å². The lowest BCUT2D eigenvalue weighted by molar-refractivity contribution is -0.0229. The molecule has 0 aliphatic carbocycles. The highest BCUT2D eigenvalue weighted by molar-refractivity contribution is 6.74. The zero-order chi connectivity index (χ0) is 17.3. The van der Waals surface area contributed by atoms with E-state index in [0.29, 0.717) is 0 Å². The smallest absolute Gasteiger partial charge is 0.192 e. The van der Waals surface area contributed by atoms with Gasteiger partial charge >= 0.3 is 0 Å². The third-order valence-electron chi connectivity index (χ3n) is 5.40. The van der Waals surface area contributed by atoms with Gasteiger partial charge in [-0.15, -0.1) is 0 Å². The predicted molar refractivity (Wildman–Crippen MR) is 94.5 cm³/mol. The quantitative estimate of drug-likeness (QED) is 0.711. The fraction of sp³-hybridized carbons (Fsp3) is 1.00. The van der Waals surface area contributed by atoms with E-state index in [2.05, 4.69) is 38.8 Å². The van der Waals surface area contributed by atoms with Crippen LogP contribution in [0.2, 0.25) is 18.1 Å². The first-order valence-electron chi connectivity index (χ1n) is 8.57. The van der Waals surface area contributed by atoms with Gasteiger partial charge in [0.1, 0.15) is 20.1 Å². The molecule has 5 nitrogen and oxygen atoms in total. The molecule has 0 bridgehead atoms. The molecule has 23 heavy (non-hydrogen) atoms. The van der Waals surface area contributed by atoms with Crippen LogP contribution in [0.25, 0.3) is 0 Å². The lowest BCUT2D eigenvalue weighted by Gasteiger charge is -2.41. The predicted octanol–water partition coefficient (Wildman–Crippen LogP) is 1.62. The van der Waals surface area contributed by atoms with Crippen molar-refractivity contribution in [2.24, 2.45) is 0 Å². The van der Waals surface area contributed by atoms with Crippen molar-refractivity contribution in [3.8, 4) is 0 Å². The SMILES string of the molecule is [B][C@@H]1O[C@H](CN2CCOCC2)C(O[Si](C)(C)C(C)(C)C)C1OC. The molecule has 132 valence electrons. The molecule has 0 amide bonds. The summed E-state index contributed by atoms with van der Waals surface area (Å²) in [6, 6.07) is -0.430. The van der Waals surface area contributed by atoms with E-state index >= 15 is 0 Å². The van der Waals surface area contributed by atoms with Gasteiger partial charge in [0, 0.05) is 32.7 Å². The van der Waals surface area contributed by atoms with Crippen LogP contribution in [0.4, 0.5) is 0 Å². The van der Waals surface area contributed by atoms with E-state index in [1.807, 2.05) is 0 Å². The molecular weight excluding hydrogens is 309 g/mol. The standard InChI is InChI=1S/C16H32BNO4Si/c1-16(2,3)23(5,6)22-13-12(21-15(17)14(13)19-4)11-18-7-9-20-10-8-18/h12-15H,7-11H2,1-6H3/t12-,13?,14?,15-/m1/s1. The van der Waals surface area contributed by atoms with Crippen LogP contribution in [-0.4, -0.2) is 85.3 Å². The average Bonchev–Trinajstić information content (AvgIpc) is 2.73. The van der Waals surface area contributed by atoms with Gasteiger partial charge in [-0.2, -0.15) is 0 Å². The highest BCUT2D eigenvalue weighted by Gasteiger charge is 2.49. The maximum absolute atomic E-state index is 6.64. The number of methoxy groups -OCH3 is 1. The average molecular weight is 341 g/mol. The second-order valence-electron chi connectivity index (χ2n) is 8.10. The molecule has 4 atom stereocenters. The first kappa shape index (κ1) is 19.4. The molecule has 0 aromatic carbocycles. The molecule has 2 fully saturated rings. The molecule has 2 saturated heterocycles. The summed E-state index contributed by atoms with van der Waals surface area (Å²) in [7, 11) is 5.91. The van der Waals surface area contributed by atoms with Crippen molar-refractivity contribution >= 4 is 16.2 Å². The van der Waals surface area contributed by atoms with E-state index < -0.39 is 14.3 Å². The highest BCUT2D eigenvalue weighted by Crippen LogP contribution is 2.40. The van der Waals surface area contributed by atoms with Crippen molar-refractivity contribution in [2.45, 2.75) is 63.2 Å². The fourth-order valence-electron chi connectivity index (χ4n) is 2.87. The van der Waals surface area contributed by atoms with Gasteiger partial charge in [0.25, 0.3) is 0 Å². The van der Waals surface area contributed by atoms with Gasteiger partial charge in [-0.25, -0.2) is 0 Å². The minimum Gasteiger partial charge on any atom is -0.408 e. The van der Waals surface area contributed by atoms with E-state index in [1.165, 1.54) is 0 Å². The van der Waals surface area contributed by atoms with Crippen molar-refractivity contribution in [2.75, 3.05) is 40.0 Å². The summed E-state index contributed by atoms with van der Waals surface area (Å²) in [5.74, 6) is 0. The molecule has 2 aliphatic heterocycles. The van der Waals surface area contributed by atoms with E-state index in [9.17, 15) is 0 Å². The van der Waals surface area contributed by atoms with Gasteiger partial charge in [0.05, 0.1) is 19.3 Å². The molecule has 0 saturated carbocycles. The summed E-state index contributed by atoms with van der Waals surface area (Å²) >= 11 is 0. The Kier molecular flexibility index (Phi) is 6.36. The van der Waals surface area contributed by atoms with Crippen LogP contribution in [-0.2, 0) is 18.6 Å². The number of morpholine rings is 1. The van der Waals surface area contributed by atoms with Gasteiger partial charge in [-0.1, -0.05) is 20.8 Å². The fourth-order valence-corrected chi connectivity index (χ4v) is 4.19. The number of hydrogen-bond acceptors (Lipinski definition) is 5. The highest BCUT2D eigenvalue weighted by atomic mass is 28.4. The lowest BCUT2D eigenvalue weighted by atomic mass is 9.93. The summed E-state index contributed by atoms with van der Waals surface area (Å²) in [5.41, 5.74) is 0. The lowest BCUT2D eigenvalue weighted by Crippen LogP contribution is -2.52. The van der Waals surface area contributed by atoms with Crippen LogP contribution in [0.15, 0.2) is 0 Å². The van der Waals surface area contributed by atoms with Crippen molar-refractivity contribution in [3.63, 3.8) is 0 Å². The molecule has 7 heteroatoms. The van der Waals surface area contributed by atoms with Gasteiger partial charge in [-0.05, 0) is 18.1 Å². The topological polar surface area (TPSA) is 40.2 Å². The molecule has 0 aromatic rings. The summed E-state index contributed by atoms with van der Waals surface area (Å²) in [6.45, 7) is 15.5. The monoisotopic (exact) mass is 341 g/mol. The molecule has 2 rings (SSSR count). The van der Waals surface area contributed by atoms with Gasteiger partial charge in [0.2, 0.25) is 0 Å².